The third-order valence-electron chi connectivity index (χ3n) is 1.35. The van der Waals surface area contributed by atoms with Gasteiger partial charge in [-0.3, -0.25) is 0 Å². The molecule has 0 amide bonds. The van der Waals surface area contributed by atoms with Gasteiger partial charge in [-0.15, -0.1) is 0 Å². The van der Waals surface area contributed by atoms with Gasteiger partial charge in [0.2, 0.25) is 0 Å². The lowest BCUT2D eigenvalue weighted by atomic mass is 10.7. The summed E-state index contributed by atoms with van der Waals surface area (Å²) in [5.41, 5.74) is 0. The van der Waals surface area contributed by atoms with Gasteiger partial charge in [-0.25, -0.2) is 0 Å². The van der Waals surface area contributed by atoms with E-state index in [-0.39, 0.29) is 0 Å². The van der Waals surface area contributed by atoms with E-state index in [0.717, 1.165) is 13.2 Å². The maximum Gasteiger partial charge on any atom is 0.0991 e. The molecule has 4 heteroatoms. The van der Waals surface area contributed by atoms with Gasteiger partial charge in [0.05, 0.1) is 46.6 Å². The standard InChI is InChI=1S/C8H19NO3/c1-9-3-4-11-7-8-12-6-5-10-2/h9H,3-8H2,1-2H3/p+1. The van der Waals surface area contributed by atoms with Gasteiger partial charge in [0.25, 0.3) is 0 Å². The van der Waals surface area contributed by atoms with Crippen LogP contribution in [0.25, 0.3) is 0 Å². The van der Waals surface area contributed by atoms with Crippen LogP contribution in [0.5, 0.6) is 0 Å². The van der Waals surface area contributed by atoms with Crippen LogP contribution in [-0.4, -0.2) is 53.7 Å². The van der Waals surface area contributed by atoms with E-state index in [0.29, 0.717) is 26.4 Å². The van der Waals surface area contributed by atoms with Crippen molar-refractivity contribution in [2.75, 3.05) is 53.7 Å². The molecule has 0 aromatic heterocycles. The minimum absolute atomic E-state index is 0.653. The van der Waals surface area contributed by atoms with E-state index < -0.39 is 0 Å². The van der Waals surface area contributed by atoms with E-state index in [1.165, 1.54) is 0 Å². The number of rotatable bonds is 9. The SMILES string of the molecule is C[NH2+]CCOCCOCCOC. The lowest BCUT2D eigenvalue weighted by Crippen LogP contribution is -2.80. The molecule has 0 unspecified atom stereocenters. The molecule has 0 saturated heterocycles. The molecule has 2 N–H and O–H groups in total. The molecule has 0 aromatic carbocycles. The summed E-state index contributed by atoms with van der Waals surface area (Å²) in [7, 11) is 3.69. The second-order valence-electron chi connectivity index (χ2n) is 2.41. The largest absolute Gasteiger partial charge is 0.382 e. The van der Waals surface area contributed by atoms with Gasteiger partial charge in [-0.2, -0.15) is 0 Å². The summed E-state index contributed by atoms with van der Waals surface area (Å²) in [6.45, 7) is 4.45. The molecular formula is C8H20NO3+. The summed E-state index contributed by atoms with van der Waals surface area (Å²) in [6.07, 6.45) is 0. The maximum atomic E-state index is 5.26. The van der Waals surface area contributed by atoms with E-state index in [1.807, 2.05) is 7.05 Å². The third-order valence-corrected chi connectivity index (χ3v) is 1.35. The first-order valence-corrected chi connectivity index (χ1v) is 4.34. The van der Waals surface area contributed by atoms with E-state index >= 15 is 0 Å². The highest BCUT2D eigenvalue weighted by molar-refractivity contribution is 4.31. The minimum Gasteiger partial charge on any atom is -0.382 e. The molecule has 0 bridgehead atoms. The lowest BCUT2D eigenvalue weighted by Gasteiger charge is -2.03. The Morgan fingerprint density at radius 3 is 2.08 bits per heavy atom. The van der Waals surface area contributed by atoms with Gasteiger partial charge < -0.3 is 19.5 Å². The first-order chi connectivity index (χ1) is 5.91. The maximum absolute atomic E-state index is 5.26. The summed E-state index contributed by atoms with van der Waals surface area (Å²) in [4.78, 5) is 0. The zero-order chi connectivity index (χ0) is 9.07. The first-order valence-electron chi connectivity index (χ1n) is 4.34. The highest BCUT2D eigenvalue weighted by atomic mass is 16.5. The molecule has 74 valence electrons. The minimum atomic E-state index is 0.653. The van der Waals surface area contributed by atoms with Gasteiger partial charge in [0, 0.05) is 7.11 Å². The molecule has 0 atom stereocenters. The Kier molecular flexibility index (Phi) is 10.7. The van der Waals surface area contributed by atoms with Crippen LogP contribution in [0.4, 0.5) is 0 Å². The molecule has 0 aromatic rings. The van der Waals surface area contributed by atoms with E-state index in [9.17, 15) is 0 Å². The lowest BCUT2D eigenvalue weighted by molar-refractivity contribution is -0.628. The third kappa shape index (κ3) is 9.84. The first kappa shape index (κ1) is 11.8. The number of quaternary nitrogens is 1. The van der Waals surface area contributed by atoms with Crippen molar-refractivity contribution in [3.05, 3.63) is 0 Å². The topological polar surface area (TPSA) is 44.3 Å². The number of hydrogen-bond donors (Lipinski definition) is 1. The number of nitrogens with two attached hydrogens (primary N) is 1. The number of hydrogen-bond acceptors (Lipinski definition) is 3. The van der Waals surface area contributed by atoms with Crippen molar-refractivity contribution >= 4 is 0 Å². The van der Waals surface area contributed by atoms with Gasteiger partial charge >= 0.3 is 0 Å². The molecule has 0 spiro atoms. The highest BCUT2D eigenvalue weighted by Crippen LogP contribution is 1.77. The molecular weight excluding hydrogens is 158 g/mol. The summed E-state index contributed by atoms with van der Waals surface area (Å²) >= 11 is 0. The van der Waals surface area contributed by atoms with Crippen LogP contribution in [0.3, 0.4) is 0 Å². The quantitative estimate of drug-likeness (QED) is 0.454. The predicted molar refractivity (Wildman–Crippen MR) is 46.2 cm³/mol. The fraction of sp³-hybridized carbons (Fsp3) is 1.00. The molecule has 0 rings (SSSR count). The van der Waals surface area contributed by atoms with Crippen LogP contribution in [0.1, 0.15) is 0 Å². The molecule has 0 aliphatic carbocycles. The Balaban J connectivity index is 2.73. The molecule has 0 aliphatic rings. The normalized spacial score (nSPS) is 10.5. The van der Waals surface area contributed by atoms with E-state index in [2.05, 4.69) is 5.32 Å². The predicted octanol–water partition coefficient (Wildman–Crippen LogP) is -1.14. The van der Waals surface area contributed by atoms with Crippen molar-refractivity contribution in [2.24, 2.45) is 0 Å². The average Bonchev–Trinajstić information content (AvgIpc) is 2.10. The van der Waals surface area contributed by atoms with Crippen LogP contribution in [0.2, 0.25) is 0 Å². The Labute approximate surface area is 74.2 Å². The molecule has 12 heavy (non-hydrogen) atoms. The van der Waals surface area contributed by atoms with Crippen LogP contribution < -0.4 is 5.32 Å². The molecule has 0 heterocycles. The van der Waals surface area contributed by atoms with Crippen LogP contribution >= 0.6 is 0 Å². The fourth-order valence-corrected chi connectivity index (χ4v) is 0.665. The zero-order valence-corrected chi connectivity index (χ0v) is 8.04. The Morgan fingerprint density at radius 2 is 1.50 bits per heavy atom. The molecule has 0 radical (unpaired) electrons. The monoisotopic (exact) mass is 178 g/mol. The van der Waals surface area contributed by atoms with E-state index in [4.69, 9.17) is 14.2 Å². The zero-order valence-electron chi connectivity index (χ0n) is 8.04. The van der Waals surface area contributed by atoms with Crippen molar-refractivity contribution in [1.82, 2.24) is 0 Å². The second-order valence-corrected chi connectivity index (χ2v) is 2.41. The highest BCUT2D eigenvalue weighted by Gasteiger charge is 1.89. The van der Waals surface area contributed by atoms with Crippen LogP contribution in [0.15, 0.2) is 0 Å². The van der Waals surface area contributed by atoms with Gasteiger partial charge in [0.15, 0.2) is 0 Å². The average molecular weight is 178 g/mol. The second kappa shape index (κ2) is 10.8. The molecule has 0 saturated carbocycles. The number of methoxy groups -OCH3 is 1. The van der Waals surface area contributed by atoms with Crippen molar-refractivity contribution in [3.8, 4) is 0 Å². The molecule has 0 aliphatic heterocycles. The van der Waals surface area contributed by atoms with Crippen molar-refractivity contribution in [3.63, 3.8) is 0 Å². The van der Waals surface area contributed by atoms with Gasteiger partial charge in [-0.05, 0) is 0 Å². The summed E-state index contributed by atoms with van der Waals surface area (Å²) in [5, 5.41) is 2.09. The van der Waals surface area contributed by atoms with Crippen LogP contribution in [-0.2, 0) is 14.2 Å². The van der Waals surface area contributed by atoms with Gasteiger partial charge in [0.1, 0.15) is 0 Å². The smallest absolute Gasteiger partial charge is 0.0991 e. The van der Waals surface area contributed by atoms with Crippen molar-refractivity contribution < 1.29 is 19.5 Å². The van der Waals surface area contributed by atoms with Crippen molar-refractivity contribution in [2.45, 2.75) is 0 Å². The Hall–Kier alpha value is -0.160. The van der Waals surface area contributed by atoms with Gasteiger partial charge in [-0.1, -0.05) is 0 Å². The summed E-state index contributed by atoms with van der Waals surface area (Å²) < 4.78 is 15.3. The molecule has 4 nitrogen and oxygen atoms in total. The van der Waals surface area contributed by atoms with Crippen LogP contribution in [0, 0.1) is 0 Å². The van der Waals surface area contributed by atoms with Crippen molar-refractivity contribution in [1.29, 1.82) is 0 Å². The Bertz CT molecular complexity index is 70.7. The Morgan fingerprint density at radius 1 is 0.917 bits per heavy atom. The fourth-order valence-electron chi connectivity index (χ4n) is 0.665. The summed E-state index contributed by atoms with van der Waals surface area (Å²) in [5.74, 6) is 0. The summed E-state index contributed by atoms with van der Waals surface area (Å²) in [6, 6.07) is 0. The number of likely N-dealkylation sites (N-methyl/N-ethyl adjacent to an activating group) is 1. The molecule has 0 fully saturated rings. The number of ether oxygens (including phenoxy) is 3. The van der Waals surface area contributed by atoms with E-state index in [1.54, 1.807) is 7.11 Å².